The SMILES string of the molecule is CCC1(CC)CN(C(=O)C(NS(=O)(=O)c2ccc(C)c(C)c2)C(C)C)CCS1=O. The van der Waals surface area contributed by atoms with Gasteiger partial charge in [0.15, 0.2) is 0 Å². The Labute approximate surface area is 178 Å². The van der Waals surface area contributed by atoms with Crippen molar-refractivity contribution < 1.29 is 17.4 Å². The molecule has 0 aliphatic carbocycles. The number of carbonyl (C=O) groups is 1. The highest BCUT2D eigenvalue weighted by Gasteiger charge is 2.42. The zero-order valence-corrected chi connectivity index (χ0v) is 20.0. The summed E-state index contributed by atoms with van der Waals surface area (Å²) in [7, 11) is -4.82. The molecular formula is C21H34N2O4S2. The van der Waals surface area contributed by atoms with E-state index in [0.29, 0.717) is 18.8 Å². The van der Waals surface area contributed by atoms with Crippen LogP contribution in [-0.4, -0.2) is 53.1 Å². The maximum absolute atomic E-state index is 13.3. The lowest BCUT2D eigenvalue weighted by atomic mass is 9.99. The minimum Gasteiger partial charge on any atom is -0.339 e. The van der Waals surface area contributed by atoms with Gasteiger partial charge in [-0.1, -0.05) is 33.8 Å². The molecule has 1 fully saturated rings. The van der Waals surface area contributed by atoms with Crippen LogP contribution >= 0.6 is 0 Å². The topological polar surface area (TPSA) is 83.6 Å². The Bertz CT molecular complexity index is 877. The van der Waals surface area contributed by atoms with Gasteiger partial charge in [0.25, 0.3) is 0 Å². The van der Waals surface area contributed by atoms with Gasteiger partial charge in [0.1, 0.15) is 6.04 Å². The fourth-order valence-corrected chi connectivity index (χ4v) is 6.86. The van der Waals surface area contributed by atoms with Crippen molar-refractivity contribution in [1.82, 2.24) is 9.62 Å². The molecule has 0 saturated carbocycles. The second kappa shape index (κ2) is 9.27. The van der Waals surface area contributed by atoms with E-state index in [1.54, 1.807) is 23.1 Å². The molecule has 1 aliphatic heterocycles. The summed E-state index contributed by atoms with van der Waals surface area (Å²) in [6, 6.07) is 4.10. The standard InChI is InChI=1S/C21H34N2O4S2/c1-7-21(8-2)14-23(11-12-28(21)25)20(24)19(15(3)4)22-29(26,27)18-10-9-16(5)17(6)13-18/h9-10,13,15,19,22H,7-8,11-12,14H2,1-6H3. The van der Waals surface area contributed by atoms with Crippen LogP contribution in [0.25, 0.3) is 0 Å². The minimum atomic E-state index is -3.84. The fraction of sp³-hybridized carbons (Fsp3) is 0.667. The van der Waals surface area contributed by atoms with Crippen LogP contribution in [0.2, 0.25) is 0 Å². The number of nitrogens with zero attached hydrogens (tertiary/aromatic N) is 1. The normalized spacial score (nSPS) is 20.7. The van der Waals surface area contributed by atoms with E-state index in [-0.39, 0.29) is 16.7 Å². The number of nitrogens with one attached hydrogen (secondary N) is 1. The third-order valence-corrected chi connectivity index (χ3v) is 9.78. The first kappa shape index (κ1) is 24.0. The zero-order valence-electron chi connectivity index (χ0n) is 18.3. The predicted octanol–water partition coefficient (Wildman–Crippen LogP) is 2.76. The molecule has 2 atom stereocenters. The van der Waals surface area contributed by atoms with Gasteiger partial charge in [0.05, 0.1) is 9.64 Å². The van der Waals surface area contributed by atoms with Crippen LogP contribution in [0.15, 0.2) is 23.1 Å². The van der Waals surface area contributed by atoms with Crippen molar-refractivity contribution in [3.8, 4) is 0 Å². The average Bonchev–Trinajstić information content (AvgIpc) is 2.68. The van der Waals surface area contributed by atoms with Gasteiger partial charge in [0, 0.05) is 29.6 Å². The molecular weight excluding hydrogens is 408 g/mol. The smallest absolute Gasteiger partial charge is 0.241 e. The fourth-order valence-electron chi connectivity index (χ4n) is 3.68. The lowest BCUT2D eigenvalue weighted by molar-refractivity contribution is -0.134. The highest BCUT2D eigenvalue weighted by Crippen LogP contribution is 2.29. The molecule has 0 aromatic heterocycles. The molecule has 1 amide bonds. The summed E-state index contributed by atoms with van der Waals surface area (Å²) in [5, 5.41) is 0. The van der Waals surface area contributed by atoms with Crippen LogP contribution < -0.4 is 4.72 Å². The Balaban J connectivity index is 2.28. The first-order valence-corrected chi connectivity index (χ1v) is 13.0. The third-order valence-electron chi connectivity index (χ3n) is 6.11. The first-order valence-electron chi connectivity index (χ1n) is 10.2. The number of aryl methyl sites for hydroxylation is 2. The number of hydrogen-bond acceptors (Lipinski definition) is 4. The van der Waals surface area contributed by atoms with Crippen LogP contribution in [0, 0.1) is 19.8 Å². The van der Waals surface area contributed by atoms with E-state index in [2.05, 4.69) is 4.72 Å². The molecule has 2 unspecified atom stereocenters. The van der Waals surface area contributed by atoms with Crippen molar-refractivity contribution >= 4 is 26.7 Å². The van der Waals surface area contributed by atoms with E-state index >= 15 is 0 Å². The van der Waals surface area contributed by atoms with Crippen LogP contribution in [0.4, 0.5) is 0 Å². The van der Waals surface area contributed by atoms with Gasteiger partial charge in [0.2, 0.25) is 15.9 Å². The van der Waals surface area contributed by atoms with Crippen molar-refractivity contribution in [2.45, 2.75) is 70.1 Å². The number of hydrogen-bond donors (Lipinski definition) is 1. The summed E-state index contributed by atoms with van der Waals surface area (Å²) in [5.74, 6) is -0.0217. The van der Waals surface area contributed by atoms with Crippen molar-refractivity contribution in [3.63, 3.8) is 0 Å². The molecule has 6 nitrogen and oxygen atoms in total. The summed E-state index contributed by atoms with van der Waals surface area (Å²) in [4.78, 5) is 15.2. The maximum atomic E-state index is 13.3. The molecule has 0 bridgehead atoms. The van der Waals surface area contributed by atoms with Crippen molar-refractivity contribution in [1.29, 1.82) is 0 Å². The second-order valence-corrected chi connectivity index (χ2v) is 12.0. The Morgan fingerprint density at radius 1 is 1.21 bits per heavy atom. The summed E-state index contributed by atoms with van der Waals surface area (Å²) in [6.45, 7) is 12.2. The third kappa shape index (κ3) is 5.09. The van der Waals surface area contributed by atoms with Crippen molar-refractivity contribution in [2.75, 3.05) is 18.8 Å². The molecule has 8 heteroatoms. The number of amides is 1. The molecule has 164 valence electrons. The van der Waals surface area contributed by atoms with Crippen LogP contribution in [0.3, 0.4) is 0 Å². The Morgan fingerprint density at radius 2 is 1.83 bits per heavy atom. The van der Waals surface area contributed by atoms with Gasteiger partial charge in [-0.3, -0.25) is 9.00 Å². The molecule has 1 aromatic rings. The van der Waals surface area contributed by atoms with Gasteiger partial charge in [-0.25, -0.2) is 8.42 Å². The molecule has 0 spiro atoms. The van der Waals surface area contributed by atoms with Crippen molar-refractivity contribution in [2.24, 2.45) is 5.92 Å². The average molecular weight is 443 g/mol. The summed E-state index contributed by atoms with van der Waals surface area (Å²) < 4.78 is 40.7. The number of benzene rings is 1. The number of rotatable bonds is 7. The van der Waals surface area contributed by atoms with Crippen molar-refractivity contribution in [3.05, 3.63) is 29.3 Å². The highest BCUT2D eigenvalue weighted by atomic mass is 32.2. The van der Waals surface area contributed by atoms with Gasteiger partial charge in [-0.15, -0.1) is 0 Å². The monoisotopic (exact) mass is 442 g/mol. The lowest BCUT2D eigenvalue weighted by Crippen LogP contribution is -2.59. The number of sulfonamides is 1. The van der Waals surface area contributed by atoms with Gasteiger partial charge >= 0.3 is 0 Å². The molecule has 1 N–H and O–H groups in total. The van der Waals surface area contributed by atoms with Gasteiger partial charge in [-0.2, -0.15) is 4.72 Å². The maximum Gasteiger partial charge on any atom is 0.241 e. The largest absolute Gasteiger partial charge is 0.339 e. The number of carbonyl (C=O) groups excluding carboxylic acids is 1. The highest BCUT2D eigenvalue weighted by molar-refractivity contribution is 7.89. The Hall–Kier alpha value is -1.25. The first-order chi connectivity index (χ1) is 13.5. The van der Waals surface area contributed by atoms with E-state index in [1.807, 2.05) is 41.5 Å². The summed E-state index contributed by atoms with van der Waals surface area (Å²) in [5.41, 5.74) is 1.90. The zero-order chi connectivity index (χ0) is 22.0. The van der Waals surface area contributed by atoms with Gasteiger partial charge < -0.3 is 4.90 Å². The molecule has 1 heterocycles. The van der Waals surface area contributed by atoms with E-state index in [4.69, 9.17) is 0 Å². The second-order valence-electron chi connectivity index (χ2n) is 8.29. The summed E-state index contributed by atoms with van der Waals surface area (Å²) in [6.07, 6.45) is 1.45. The lowest BCUT2D eigenvalue weighted by Gasteiger charge is -2.42. The van der Waals surface area contributed by atoms with E-state index in [1.165, 1.54) is 0 Å². The van der Waals surface area contributed by atoms with Crippen LogP contribution in [0.5, 0.6) is 0 Å². The predicted molar refractivity (Wildman–Crippen MR) is 118 cm³/mol. The molecule has 29 heavy (non-hydrogen) atoms. The minimum absolute atomic E-state index is 0.162. The summed E-state index contributed by atoms with van der Waals surface area (Å²) >= 11 is 0. The molecule has 1 saturated heterocycles. The molecule has 0 radical (unpaired) electrons. The van der Waals surface area contributed by atoms with E-state index in [0.717, 1.165) is 24.0 Å². The van der Waals surface area contributed by atoms with Gasteiger partial charge in [-0.05, 0) is 55.9 Å². The molecule has 1 aromatic carbocycles. The van der Waals surface area contributed by atoms with E-state index < -0.39 is 31.6 Å². The molecule has 2 rings (SSSR count). The van der Waals surface area contributed by atoms with Crippen LogP contribution in [-0.2, 0) is 25.6 Å². The van der Waals surface area contributed by atoms with Crippen LogP contribution in [0.1, 0.15) is 51.7 Å². The quantitative estimate of drug-likeness (QED) is 0.704. The molecule has 1 aliphatic rings. The Morgan fingerprint density at radius 3 is 2.34 bits per heavy atom. The Kier molecular flexibility index (Phi) is 7.68. The van der Waals surface area contributed by atoms with E-state index in [9.17, 15) is 17.4 Å².